The van der Waals surface area contributed by atoms with Gasteiger partial charge in [-0.1, -0.05) is 30.3 Å². The molecule has 0 saturated carbocycles. The largest absolute Gasteiger partial charge is 0.376 e. The smallest absolute Gasteiger partial charge is 0.252 e. The number of carbonyl (C=O) groups excluding carboxylic acids is 1. The Morgan fingerprint density at radius 2 is 2.19 bits per heavy atom. The van der Waals surface area contributed by atoms with Gasteiger partial charge >= 0.3 is 0 Å². The van der Waals surface area contributed by atoms with E-state index < -0.39 is 0 Å². The molecule has 110 valence electrons. The van der Waals surface area contributed by atoms with Gasteiger partial charge in [0.15, 0.2) is 0 Å². The first-order chi connectivity index (χ1) is 10.3. The van der Waals surface area contributed by atoms with Crippen LogP contribution in [0.2, 0.25) is 0 Å². The minimum Gasteiger partial charge on any atom is -0.376 e. The maximum absolute atomic E-state index is 12.4. The highest BCUT2D eigenvalue weighted by molar-refractivity contribution is 7.10. The van der Waals surface area contributed by atoms with Crippen LogP contribution in [0.4, 0.5) is 0 Å². The first-order valence-corrected chi connectivity index (χ1v) is 8.17. The van der Waals surface area contributed by atoms with Crippen LogP contribution >= 0.6 is 11.3 Å². The molecule has 0 aliphatic carbocycles. The Bertz CT molecular complexity index is 615. The number of carbonyl (C=O) groups is 1. The van der Waals surface area contributed by atoms with Crippen molar-refractivity contribution >= 4 is 17.2 Å². The van der Waals surface area contributed by atoms with E-state index >= 15 is 0 Å². The minimum atomic E-state index is -0.00583. The van der Waals surface area contributed by atoms with E-state index in [1.807, 2.05) is 35.7 Å². The molecule has 21 heavy (non-hydrogen) atoms. The van der Waals surface area contributed by atoms with Crippen LogP contribution < -0.4 is 5.32 Å². The average molecular weight is 301 g/mol. The third-order valence-electron chi connectivity index (χ3n) is 3.80. The molecule has 1 atom stereocenters. The highest BCUT2D eigenvalue weighted by Crippen LogP contribution is 2.32. The van der Waals surface area contributed by atoms with Crippen LogP contribution in [0.15, 0.2) is 35.7 Å². The summed E-state index contributed by atoms with van der Waals surface area (Å²) < 4.78 is 5.55. The lowest BCUT2D eigenvalue weighted by Crippen LogP contribution is -2.31. The number of ether oxygens (including phenoxy) is 1. The lowest BCUT2D eigenvalue weighted by atomic mass is 10.0. The molecule has 1 aromatic heterocycles. The quantitative estimate of drug-likeness (QED) is 0.936. The monoisotopic (exact) mass is 301 g/mol. The highest BCUT2D eigenvalue weighted by atomic mass is 32.1. The van der Waals surface area contributed by atoms with Gasteiger partial charge in [-0.15, -0.1) is 11.3 Å². The average Bonchev–Trinajstić information content (AvgIpc) is 3.15. The summed E-state index contributed by atoms with van der Waals surface area (Å²) in [5.41, 5.74) is 2.91. The van der Waals surface area contributed by atoms with Crippen molar-refractivity contribution in [3.63, 3.8) is 0 Å². The third-order valence-corrected chi connectivity index (χ3v) is 4.71. The van der Waals surface area contributed by atoms with E-state index in [1.165, 1.54) is 4.88 Å². The summed E-state index contributed by atoms with van der Waals surface area (Å²) in [4.78, 5) is 13.6. The lowest BCUT2D eigenvalue weighted by molar-refractivity contribution is 0.0858. The molecule has 0 spiro atoms. The normalized spacial score (nSPS) is 17.9. The van der Waals surface area contributed by atoms with Crippen LogP contribution in [-0.4, -0.2) is 25.2 Å². The first kappa shape index (κ1) is 14.3. The van der Waals surface area contributed by atoms with E-state index in [4.69, 9.17) is 4.74 Å². The van der Waals surface area contributed by atoms with E-state index in [0.717, 1.165) is 36.1 Å². The molecule has 2 aromatic rings. The number of aryl methyl sites for hydroxylation is 1. The van der Waals surface area contributed by atoms with Gasteiger partial charge in [0.2, 0.25) is 0 Å². The van der Waals surface area contributed by atoms with Gasteiger partial charge in [0.1, 0.15) is 0 Å². The highest BCUT2D eigenvalue weighted by Gasteiger charge is 2.20. The topological polar surface area (TPSA) is 38.3 Å². The molecule has 1 aliphatic heterocycles. The molecule has 1 aromatic carbocycles. The Balaban J connectivity index is 1.77. The molecule has 0 radical (unpaired) electrons. The zero-order chi connectivity index (χ0) is 14.7. The van der Waals surface area contributed by atoms with Gasteiger partial charge in [-0.2, -0.15) is 0 Å². The van der Waals surface area contributed by atoms with Crippen LogP contribution in [0.25, 0.3) is 11.1 Å². The predicted octanol–water partition coefficient (Wildman–Crippen LogP) is 3.63. The predicted molar refractivity (Wildman–Crippen MR) is 85.8 cm³/mol. The maximum atomic E-state index is 12.4. The molecule has 1 amide bonds. The number of nitrogens with one attached hydrogen (secondary N) is 1. The van der Waals surface area contributed by atoms with E-state index in [-0.39, 0.29) is 12.0 Å². The van der Waals surface area contributed by atoms with Gasteiger partial charge in [-0.3, -0.25) is 4.79 Å². The Hall–Kier alpha value is -1.65. The lowest BCUT2D eigenvalue weighted by Gasteiger charge is -2.11. The summed E-state index contributed by atoms with van der Waals surface area (Å²) in [6.45, 7) is 3.47. The Kier molecular flexibility index (Phi) is 4.36. The molecule has 3 nitrogen and oxygen atoms in total. The van der Waals surface area contributed by atoms with Crippen LogP contribution in [-0.2, 0) is 4.74 Å². The van der Waals surface area contributed by atoms with Crippen LogP contribution in [0, 0.1) is 6.92 Å². The summed E-state index contributed by atoms with van der Waals surface area (Å²) in [7, 11) is 0. The zero-order valence-electron chi connectivity index (χ0n) is 12.1. The fraction of sp³-hybridized carbons (Fsp3) is 0.353. The minimum absolute atomic E-state index is 0.00583. The van der Waals surface area contributed by atoms with Crippen molar-refractivity contribution in [2.24, 2.45) is 0 Å². The second kappa shape index (κ2) is 6.41. The first-order valence-electron chi connectivity index (χ1n) is 7.29. The molecule has 3 rings (SSSR count). The van der Waals surface area contributed by atoms with E-state index in [1.54, 1.807) is 11.3 Å². The van der Waals surface area contributed by atoms with Crippen molar-refractivity contribution in [3.8, 4) is 11.1 Å². The van der Waals surface area contributed by atoms with Gasteiger partial charge in [-0.05, 0) is 25.3 Å². The maximum Gasteiger partial charge on any atom is 0.252 e. The Morgan fingerprint density at radius 3 is 2.90 bits per heavy atom. The van der Waals surface area contributed by atoms with Crippen LogP contribution in [0.1, 0.15) is 28.1 Å². The Morgan fingerprint density at radius 1 is 1.38 bits per heavy atom. The number of amides is 1. The van der Waals surface area contributed by atoms with Crippen molar-refractivity contribution in [2.45, 2.75) is 25.9 Å². The van der Waals surface area contributed by atoms with E-state index in [0.29, 0.717) is 6.54 Å². The van der Waals surface area contributed by atoms with Crippen molar-refractivity contribution in [1.82, 2.24) is 5.32 Å². The summed E-state index contributed by atoms with van der Waals surface area (Å²) in [5, 5.41) is 4.95. The summed E-state index contributed by atoms with van der Waals surface area (Å²) in [6.07, 6.45) is 2.30. The number of hydrogen-bond acceptors (Lipinski definition) is 3. The Labute approximate surface area is 129 Å². The molecule has 4 heteroatoms. The van der Waals surface area contributed by atoms with E-state index in [2.05, 4.69) is 12.2 Å². The number of hydrogen-bond donors (Lipinski definition) is 1. The second-order valence-electron chi connectivity index (χ2n) is 5.29. The van der Waals surface area contributed by atoms with E-state index in [9.17, 15) is 4.79 Å². The van der Waals surface area contributed by atoms with Crippen molar-refractivity contribution < 1.29 is 9.53 Å². The second-order valence-corrected chi connectivity index (χ2v) is 6.38. The standard InChI is InChI=1S/C17H19NO2S/c1-12-16(13-6-3-2-4-7-13)15(11-21-12)17(19)18-10-14-8-5-9-20-14/h2-4,6-7,11,14H,5,8-10H2,1H3,(H,18,19). The fourth-order valence-electron chi connectivity index (χ4n) is 2.69. The fourth-order valence-corrected chi connectivity index (χ4v) is 3.56. The van der Waals surface area contributed by atoms with Gasteiger partial charge < -0.3 is 10.1 Å². The van der Waals surface area contributed by atoms with Crippen molar-refractivity contribution in [2.75, 3.05) is 13.2 Å². The number of thiophene rings is 1. The van der Waals surface area contributed by atoms with Gasteiger partial charge in [0.25, 0.3) is 5.91 Å². The third kappa shape index (κ3) is 3.17. The molecule has 1 saturated heterocycles. The molecule has 1 unspecified atom stereocenters. The SMILES string of the molecule is Cc1scc(C(=O)NCC2CCCO2)c1-c1ccccc1. The van der Waals surface area contributed by atoms with Gasteiger partial charge in [0, 0.05) is 29.0 Å². The molecule has 2 heterocycles. The molecular formula is C17H19NO2S. The zero-order valence-corrected chi connectivity index (χ0v) is 12.9. The molecule has 1 fully saturated rings. The molecule has 1 N–H and O–H groups in total. The summed E-state index contributed by atoms with van der Waals surface area (Å²) >= 11 is 1.62. The van der Waals surface area contributed by atoms with Crippen molar-refractivity contribution in [1.29, 1.82) is 0 Å². The summed E-state index contributed by atoms with van der Waals surface area (Å²) in [6, 6.07) is 10.1. The van der Waals surface area contributed by atoms with Crippen molar-refractivity contribution in [3.05, 3.63) is 46.2 Å². The number of benzene rings is 1. The molecule has 0 bridgehead atoms. The van der Waals surface area contributed by atoms with Gasteiger partial charge in [0.05, 0.1) is 11.7 Å². The number of rotatable bonds is 4. The van der Waals surface area contributed by atoms with Gasteiger partial charge in [-0.25, -0.2) is 0 Å². The molecule has 1 aliphatic rings. The molecular weight excluding hydrogens is 282 g/mol. The van der Waals surface area contributed by atoms with Crippen LogP contribution in [0.3, 0.4) is 0 Å². The van der Waals surface area contributed by atoms with Crippen LogP contribution in [0.5, 0.6) is 0 Å². The summed E-state index contributed by atoms with van der Waals surface area (Å²) in [5.74, 6) is -0.00583.